The normalized spacial score (nSPS) is 12.1. The van der Waals surface area contributed by atoms with Crippen LogP contribution in [0.1, 0.15) is 18.5 Å². The van der Waals surface area contributed by atoms with Crippen molar-refractivity contribution in [1.29, 1.82) is 0 Å². The average molecular weight is 249 g/mol. The van der Waals surface area contributed by atoms with E-state index in [1.165, 1.54) is 12.3 Å². The third-order valence-corrected chi connectivity index (χ3v) is 3.08. The molecule has 2 aromatic rings. The molecule has 0 spiro atoms. The van der Waals surface area contributed by atoms with Gasteiger partial charge in [0.15, 0.2) is 0 Å². The van der Waals surface area contributed by atoms with Crippen LogP contribution in [0.2, 0.25) is 0 Å². The monoisotopic (exact) mass is 249 g/mol. The first-order valence-electron chi connectivity index (χ1n) is 5.06. The Morgan fingerprint density at radius 2 is 2.35 bits per heavy atom. The summed E-state index contributed by atoms with van der Waals surface area (Å²) in [6, 6.07) is 4.97. The largest absolute Gasteiger partial charge is 0.358 e. The molecule has 5 nitrogen and oxygen atoms in total. The molecule has 0 aliphatic heterocycles. The van der Waals surface area contributed by atoms with E-state index in [0.29, 0.717) is 5.82 Å². The highest BCUT2D eigenvalue weighted by Gasteiger charge is 2.16. The highest BCUT2D eigenvalue weighted by atomic mass is 32.1. The molecule has 6 heteroatoms. The van der Waals surface area contributed by atoms with Gasteiger partial charge in [0, 0.05) is 12.3 Å². The van der Waals surface area contributed by atoms with Crippen molar-refractivity contribution in [2.45, 2.75) is 13.0 Å². The molecular weight excluding hydrogens is 238 g/mol. The van der Waals surface area contributed by atoms with Crippen molar-refractivity contribution in [3.8, 4) is 0 Å². The minimum atomic E-state index is -0.435. The van der Waals surface area contributed by atoms with E-state index in [9.17, 15) is 10.1 Å². The number of nitrogens with zero attached hydrogens (tertiary/aromatic N) is 2. The van der Waals surface area contributed by atoms with Gasteiger partial charge in [-0.2, -0.15) is 11.3 Å². The van der Waals surface area contributed by atoms with Crippen molar-refractivity contribution in [3.63, 3.8) is 0 Å². The molecule has 1 unspecified atom stereocenters. The maximum absolute atomic E-state index is 10.8. The number of thiophene rings is 1. The fourth-order valence-corrected chi connectivity index (χ4v) is 2.22. The number of hydrogen-bond donors (Lipinski definition) is 1. The Hall–Kier alpha value is -1.95. The number of nitro groups is 1. The molecule has 0 saturated carbocycles. The van der Waals surface area contributed by atoms with E-state index in [0.717, 1.165) is 5.56 Å². The van der Waals surface area contributed by atoms with Crippen molar-refractivity contribution >= 4 is 22.8 Å². The van der Waals surface area contributed by atoms with E-state index in [1.807, 2.05) is 23.8 Å². The van der Waals surface area contributed by atoms with Gasteiger partial charge < -0.3 is 5.32 Å². The number of anilines is 1. The summed E-state index contributed by atoms with van der Waals surface area (Å²) in [6.45, 7) is 1.94. The Bertz CT molecular complexity index is 513. The first-order chi connectivity index (χ1) is 8.18. The number of nitrogens with one attached hydrogen (secondary N) is 1. The van der Waals surface area contributed by atoms with Gasteiger partial charge in [0.1, 0.15) is 0 Å². The van der Waals surface area contributed by atoms with E-state index in [4.69, 9.17) is 0 Å². The lowest BCUT2D eigenvalue weighted by Gasteiger charge is -2.12. The van der Waals surface area contributed by atoms with Crippen LogP contribution in [-0.2, 0) is 0 Å². The standard InChI is InChI=1S/C11H11N3O2S/c1-8(9-4-6-17-7-9)13-11-10(14(15)16)3-2-5-12-11/h2-8H,1H3,(H,12,13). The lowest BCUT2D eigenvalue weighted by molar-refractivity contribution is -0.384. The van der Waals surface area contributed by atoms with Crippen LogP contribution in [0.5, 0.6) is 0 Å². The fraction of sp³-hybridized carbons (Fsp3) is 0.182. The predicted molar refractivity (Wildman–Crippen MR) is 67.2 cm³/mol. The van der Waals surface area contributed by atoms with Crippen LogP contribution < -0.4 is 5.32 Å². The van der Waals surface area contributed by atoms with Crippen molar-refractivity contribution in [3.05, 3.63) is 50.8 Å². The topological polar surface area (TPSA) is 68.1 Å². The zero-order valence-electron chi connectivity index (χ0n) is 9.16. The number of pyridine rings is 1. The van der Waals surface area contributed by atoms with Gasteiger partial charge in [-0.25, -0.2) is 4.98 Å². The molecular formula is C11H11N3O2S. The number of hydrogen-bond acceptors (Lipinski definition) is 5. The van der Waals surface area contributed by atoms with Gasteiger partial charge in [-0.3, -0.25) is 10.1 Å². The van der Waals surface area contributed by atoms with Gasteiger partial charge in [-0.1, -0.05) is 0 Å². The maximum atomic E-state index is 10.8. The van der Waals surface area contributed by atoms with Gasteiger partial charge >= 0.3 is 5.69 Å². The molecule has 0 aliphatic rings. The summed E-state index contributed by atoms with van der Waals surface area (Å²) in [4.78, 5) is 14.4. The summed E-state index contributed by atoms with van der Waals surface area (Å²) >= 11 is 1.59. The molecule has 0 bridgehead atoms. The Morgan fingerprint density at radius 1 is 1.53 bits per heavy atom. The minimum absolute atomic E-state index is 0.00477. The van der Waals surface area contributed by atoms with Gasteiger partial charge in [0.25, 0.3) is 0 Å². The van der Waals surface area contributed by atoms with Crippen LogP contribution in [0.4, 0.5) is 11.5 Å². The third-order valence-electron chi connectivity index (χ3n) is 2.38. The zero-order valence-corrected chi connectivity index (χ0v) is 9.98. The van der Waals surface area contributed by atoms with Crippen LogP contribution in [0, 0.1) is 10.1 Å². The fourth-order valence-electron chi connectivity index (χ4n) is 1.47. The highest BCUT2D eigenvalue weighted by Crippen LogP contribution is 2.26. The Kier molecular flexibility index (Phi) is 3.34. The Balaban J connectivity index is 2.21. The molecule has 88 valence electrons. The second-order valence-electron chi connectivity index (χ2n) is 3.55. The van der Waals surface area contributed by atoms with Crippen LogP contribution in [0.25, 0.3) is 0 Å². The van der Waals surface area contributed by atoms with Gasteiger partial charge in [-0.15, -0.1) is 0 Å². The summed E-state index contributed by atoms with van der Waals surface area (Å²) in [5.41, 5.74) is 1.09. The lowest BCUT2D eigenvalue weighted by atomic mass is 10.2. The summed E-state index contributed by atoms with van der Waals surface area (Å²) in [6.07, 6.45) is 1.54. The Labute approximate surface area is 102 Å². The quantitative estimate of drug-likeness (QED) is 0.667. The summed E-state index contributed by atoms with van der Waals surface area (Å²) in [5.74, 6) is 0.302. The first kappa shape index (κ1) is 11.5. The van der Waals surface area contributed by atoms with E-state index in [1.54, 1.807) is 17.4 Å². The smallest absolute Gasteiger partial charge is 0.311 e. The SMILES string of the molecule is CC(Nc1ncccc1[N+](=O)[O-])c1ccsc1. The molecule has 2 heterocycles. The summed E-state index contributed by atoms with van der Waals surface area (Å²) < 4.78 is 0. The van der Waals surface area contributed by atoms with Gasteiger partial charge in [0.2, 0.25) is 5.82 Å². The molecule has 2 aromatic heterocycles. The molecule has 0 fully saturated rings. The highest BCUT2D eigenvalue weighted by molar-refractivity contribution is 7.07. The van der Waals surface area contributed by atoms with Crippen LogP contribution in [-0.4, -0.2) is 9.91 Å². The van der Waals surface area contributed by atoms with Crippen LogP contribution in [0.15, 0.2) is 35.2 Å². The lowest BCUT2D eigenvalue weighted by Crippen LogP contribution is -2.08. The van der Waals surface area contributed by atoms with Crippen molar-refractivity contribution in [2.75, 3.05) is 5.32 Å². The molecule has 2 rings (SSSR count). The minimum Gasteiger partial charge on any atom is -0.358 e. The second-order valence-corrected chi connectivity index (χ2v) is 4.33. The molecule has 0 aliphatic carbocycles. The summed E-state index contributed by atoms with van der Waals surface area (Å²) in [5, 5.41) is 17.8. The Morgan fingerprint density at radius 3 is 3.00 bits per heavy atom. The number of aromatic nitrogens is 1. The molecule has 1 atom stereocenters. The molecule has 1 N–H and O–H groups in total. The maximum Gasteiger partial charge on any atom is 0.311 e. The molecule has 0 aromatic carbocycles. The molecule has 0 saturated heterocycles. The number of rotatable bonds is 4. The zero-order chi connectivity index (χ0) is 12.3. The molecule has 17 heavy (non-hydrogen) atoms. The molecule has 0 amide bonds. The van der Waals surface area contributed by atoms with Crippen LogP contribution in [0.3, 0.4) is 0 Å². The van der Waals surface area contributed by atoms with E-state index in [-0.39, 0.29) is 11.7 Å². The van der Waals surface area contributed by atoms with E-state index >= 15 is 0 Å². The van der Waals surface area contributed by atoms with Crippen molar-refractivity contribution < 1.29 is 4.92 Å². The first-order valence-corrected chi connectivity index (χ1v) is 6.01. The van der Waals surface area contributed by atoms with Crippen molar-refractivity contribution in [1.82, 2.24) is 4.98 Å². The summed E-state index contributed by atoms with van der Waals surface area (Å²) in [7, 11) is 0. The van der Waals surface area contributed by atoms with E-state index in [2.05, 4.69) is 10.3 Å². The second kappa shape index (κ2) is 4.92. The van der Waals surface area contributed by atoms with E-state index < -0.39 is 4.92 Å². The molecule has 0 radical (unpaired) electrons. The van der Waals surface area contributed by atoms with Gasteiger partial charge in [-0.05, 0) is 35.4 Å². The van der Waals surface area contributed by atoms with Crippen molar-refractivity contribution in [2.24, 2.45) is 0 Å². The average Bonchev–Trinajstić information content (AvgIpc) is 2.83. The third kappa shape index (κ3) is 2.59. The van der Waals surface area contributed by atoms with Crippen LogP contribution >= 0.6 is 11.3 Å². The predicted octanol–water partition coefficient (Wildman–Crippen LogP) is 3.22. The van der Waals surface area contributed by atoms with Gasteiger partial charge in [0.05, 0.1) is 11.0 Å².